The maximum absolute atomic E-state index is 11.9. The molecule has 82 valence electrons. The van der Waals surface area contributed by atoms with E-state index in [-0.39, 0.29) is 18.1 Å². The normalized spacial score (nSPS) is 26.5. The van der Waals surface area contributed by atoms with E-state index in [1.807, 2.05) is 11.8 Å². The third-order valence-corrected chi connectivity index (χ3v) is 2.59. The molecule has 0 saturated carbocycles. The van der Waals surface area contributed by atoms with Gasteiger partial charge < -0.3 is 15.3 Å². The molecule has 0 radical (unpaired) electrons. The number of aliphatic hydroxyl groups is 1. The smallest absolute Gasteiger partial charge is 0.239 e. The molecule has 0 aromatic carbocycles. The van der Waals surface area contributed by atoms with Crippen LogP contribution in [0.2, 0.25) is 0 Å². The standard InChI is InChI=1S/C10H20N2O2/c1-3-5-12(4-2)10(14)9-6-8(13)7-11-9/h8-9,11,13H,3-7H2,1-2H3/t8-,9-/m1/s1. The van der Waals surface area contributed by atoms with E-state index in [1.165, 1.54) is 0 Å². The lowest BCUT2D eigenvalue weighted by Gasteiger charge is -2.23. The van der Waals surface area contributed by atoms with Gasteiger partial charge in [0.1, 0.15) is 0 Å². The lowest BCUT2D eigenvalue weighted by atomic mass is 10.2. The third-order valence-electron chi connectivity index (χ3n) is 2.59. The fraction of sp³-hybridized carbons (Fsp3) is 0.900. The van der Waals surface area contributed by atoms with Crippen LogP contribution < -0.4 is 5.32 Å². The summed E-state index contributed by atoms with van der Waals surface area (Å²) in [5, 5.41) is 12.3. The molecule has 0 bridgehead atoms. The number of carbonyl (C=O) groups is 1. The Hall–Kier alpha value is -0.610. The van der Waals surface area contributed by atoms with Gasteiger partial charge in [0, 0.05) is 19.6 Å². The van der Waals surface area contributed by atoms with E-state index >= 15 is 0 Å². The summed E-state index contributed by atoms with van der Waals surface area (Å²) < 4.78 is 0. The minimum atomic E-state index is -0.357. The second kappa shape index (κ2) is 5.32. The van der Waals surface area contributed by atoms with Gasteiger partial charge in [0.15, 0.2) is 0 Å². The number of nitrogens with one attached hydrogen (secondary N) is 1. The molecule has 4 heteroatoms. The average Bonchev–Trinajstić information content (AvgIpc) is 2.60. The van der Waals surface area contributed by atoms with Gasteiger partial charge >= 0.3 is 0 Å². The summed E-state index contributed by atoms with van der Waals surface area (Å²) in [5.74, 6) is 0.130. The molecule has 1 rings (SSSR count). The molecule has 1 amide bonds. The van der Waals surface area contributed by atoms with Crippen molar-refractivity contribution in [1.82, 2.24) is 10.2 Å². The Balaban J connectivity index is 2.45. The number of hydrogen-bond acceptors (Lipinski definition) is 3. The van der Waals surface area contributed by atoms with Crippen molar-refractivity contribution in [3.8, 4) is 0 Å². The molecule has 14 heavy (non-hydrogen) atoms. The van der Waals surface area contributed by atoms with E-state index < -0.39 is 0 Å². The number of rotatable bonds is 4. The Morgan fingerprint density at radius 3 is 2.71 bits per heavy atom. The van der Waals surface area contributed by atoms with Crippen LogP contribution in [-0.4, -0.2) is 47.7 Å². The first kappa shape index (κ1) is 11.5. The Kier molecular flexibility index (Phi) is 4.35. The first-order valence-corrected chi connectivity index (χ1v) is 5.39. The maximum Gasteiger partial charge on any atom is 0.239 e. The van der Waals surface area contributed by atoms with Gasteiger partial charge in [0.25, 0.3) is 0 Å². The number of carbonyl (C=O) groups excluding carboxylic acids is 1. The molecule has 1 saturated heterocycles. The van der Waals surface area contributed by atoms with Gasteiger partial charge in [-0.05, 0) is 19.8 Å². The van der Waals surface area contributed by atoms with Gasteiger partial charge in [0.05, 0.1) is 12.1 Å². The number of likely N-dealkylation sites (N-methyl/N-ethyl adjacent to an activating group) is 1. The summed E-state index contributed by atoms with van der Waals surface area (Å²) in [4.78, 5) is 13.7. The van der Waals surface area contributed by atoms with E-state index in [2.05, 4.69) is 12.2 Å². The molecule has 2 atom stereocenters. The van der Waals surface area contributed by atoms with Gasteiger partial charge in [0.2, 0.25) is 5.91 Å². The molecule has 1 fully saturated rings. The number of hydrogen-bond donors (Lipinski definition) is 2. The zero-order valence-electron chi connectivity index (χ0n) is 8.99. The van der Waals surface area contributed by atoms with Gasteiger partial charge in [-0.3, -0.25) is 4.79 Å². The molecule has 4 nitrogen and oxygen atoms in total. The molecule has 0 aromatic rings. The van der Waals surface area contributed by atoms with E-state index in [4.69, 9.17) is 0 Å². The van der Waals surface area contributed by atoms with Gasteiger partial charge in [-0.25, -0.2) is 0 Å². The summed E-state index contributed by atoms with van der Waals surface area (Å²) in [6.07, 6.45) is 1.18. The summed E-state index contributed by atoms with van der Waals surface area (Å²) in [7, 11) is 0. The Morgan fingerprint density at radius 2 is 2.29 bits per heavy atom. The quantitative estimate of drug-likeness (QED) is 0.670. The lowest BCUT2D eigenvalue weighted by Crippen LogP contribution is -2.43. The molecule has 0 unspecified atom stereocenters. The van der Waals surface area contributed by atoms with Crippen LogP contribution in [0, 0.1) is 0 Å². The average molecular weight is 200 g/mol. The highest BCUT2D eigenvalue weighted by molar-refractivity contribution is 5.82. The van der Waals surface area contributed by atoms with E-state index in [0.717, 1.165) is 19.5 Å². The van der Waals surface area contributed by atoms with Crippen LogP contribution in [0.15, 0.2) is 0 Å². The Bertz CT molecular complexity index is 191. The van der Waals surface area contributed by atoms with E-state index in [0.29, 0.717) is 13.0 Å². The second-order valence-electron chi connectivity index (χ2n) is 3.77. The highest BCUT2D eigenvalue weighted by Gasteiger charge is 2.30. The predicted molar refractivity (Wildman–Crippen MR) is 55.0 cm³/mol. The Labute approximate surface area is 85.3 Å². The summed E-state index contributed by atoms with van der Waals surface area (Å²) in [5.41, 5.74) is 0. The lowest BCUT2D eigenvalue weighted by molar-refractivity contribution is -0.133. The van der Waals surface area contributed by atoms with Crippen molar-refractivity contribution < 1.29 is 9.90 Å². The molecule has 0 aliphatic carbocycles. The minimum absolute atomic E-state index is 0.130. The van der Waals surface area contributed by atoms with Crippen molar-refractivity contribution in [3.63, 3.8) is 0 Å². The molecule has 0 aromatic heterocycles. The van der Waals surface area contributed by atoms with Crippen LogP contribution in [0.3, 0.4) is 0 Å². The minimum Gasteiger partial charge on any atom is -0.392 e. The topological polar surface area (TPSA) is 52.6 Å². The van der Waals surface area contributed by atoms with Crippen molar-refractivity contribution in [3.05, 3.63) is 0 Å². The third kappa shape index (κ3) is 2.69. The number of β-amino-alcohol motifs (C(OH)–C–C–N with tert-alkyl or cyclic N) is 1. The van der Waals surface area contributed by atoms with Crippen LogP contribution in [0.25, 0.3) is 0 Å². The molecule has 1 heterocycles. The summed E-state index contributed by atoms with van der Waals surface area (Å²) >= 11 is 0. The highest BCUT2D eigenvalue weighted by Crippen LogP contribution is 2.09. The van der Waals surface area contributed by atoms with Gasteiger partial charge in [-0.15, -0.1) is 0 Å². The predicted octanol–water partition coefficient (Wildman–Crippen LogP) is -0.0323. The number of aliphatic hydroxyl groups excluding tert-OH is 1. The largest absolute Gasteiger partial charge is 0.392 e. The Morgan fingerprint density at radius 1 is 1.57 bits per heavy atom. The molecule has 1 aliphatic heterocycles. The van der Waals surface area contributed by atoms with Crippen LogP contribution in [0.1, 0.15) is 26.7 Å². The number of amides is 1. The van der Waals surface area contributed by atoms with Gasteiger partial charge in [-0.2, -0.15) is 0 Å². The number of nitrogens with zero attached hydrogens (tertiary/aromatic N) is 1. The van der Waals surface area contributed by atoms with Crippen molar-refractivity contribution in [2.75, 3.05) is 19.6 Å². The molecular weight excluding hydrogens is 180 g/mol. The maximum atomic E-state index is 11.9. The van der Waals surface area contributed by atoms with Crippen molar-refractivity contribution in [1.29, 1.82) is 0 Å². The summed E-state index contributed by atoms with van der Waals surface area (Å²) in [6.45, 7) is 6.15. The van der Waals surface area contributed by atoms with Crippen LogP contribution in [-0.2, 0) is 4.79 Å². The van der Waals surface area contributed by atoms with Gasteiger partial charge in [-0.1, -0.05) is 6.92 Å². The monoisotopic (exact) mass is 200 g/mol. The zero-order chi connectivity index (χ0) is 10.6. The SMILES string of the molecule is CCCN(CC)C(=O)[C@H]1C[C@@H](O)CN1. The van der Waals surface area contributed by atoms with Crippen LogP contribution in [0.4, 0.5) is 0 Å². The fourth-order valence-electron chi connectivity index (χ4n) is 1.82. The molecule has 0 spiro atoms. The molecule has 1 aliphatic rings. The zero-order valence-corrected chi connectivity index (χ0v) is 8.99. The molecule has 2 N–H and O–H groups in total. The van der Waals surface area contributed by atoms with E-state index in [9.17, 15) is 9.90 Å². The summed E-state index contributed by atoms with van der Waals surface area (Å²) in [6, 6.07) is -0.170. The first-order valence-electron chi connectivity index (χ1n) is 5.39. The van der Waals surface area contributed by atoms with Crippen molar-refractivity contribution >= 4 is 5.91 Å². The van der Waals surface area contributed by atoms with Crippen molar-refractivity contribution in [2.45, 2.75) is 38.8 Å². The molecular formula is C10H20N2O2. The first-order chi connectivity index (χ1) is 6.69. The van der Waals surface area contributed by atoms with E-state index in [1.54, 1.807) is 0 Å². The van der Waals surface area contributed by atoms with Crippen molar-refractivity contribution in [2.24, 2.45) is 0 Å². The highest BCUT2D eigenvalue weighted by atomic mass is 16.3. The fourth-order valence-corrected chi connectivity index (χ4v) is 1.82. The van der Waals surface area contributed by atoms with Crippen LogP contribution in [0.5, 0.6) is 0 Å². The van der Waals surface area contributed by atoms with Crippen LogP contribution >= 0.6 is 0 Å². The second-order valence-corrected chi connectivity index (χ2v) is 3.77.